The molecule has 0 heterocycles. The van der Waals surface area contributed by atoms with Crippen molar-refractivity contribution >= 4 is 11.9 Å². The van der Waals surface area contributed by atoms with Gasteiger partial charge in [0.2, 0.25) is 0 Å². The van der Waals surface area contributed by atoms with Gasteiger partial charge in [0.15, 0.2) is 0 Å². The zero-order valence-corrected chi connectivity index (χ0v) is 21.2. The van der Waals surface area contributed by atoms with Crippen LogP contribution >= 0.6 is 0 Å². The molecule has 0 unspecified atom stereocenters. The number of ether oxygens (including phenoxy) is 2. The summed E-state index contributed by atoms with van der Waals surface area (Å²) in [6.07, 6.45) is 21.3. The number of carbonyl (C=O) groups excluding carboxylic acids is 2. The van der Waals surface area contributed by atoms with E-state index in [4.69, 9.17) is 9.47 Å². The Morgan fingerprint density at radius 1 is 0.576 bits per heavy atom. The molecule has 0 saturated heterocycles. The lowest BCUT2D eigenvalue weighted by Gasteiger charge is -2.06. The van der Waals surface area contributed by atoms with Gasteiger partial charge in [-0.2, -0.15) is 0 Å². The average molecular weight is 461 g/mol. The summed E-state index contributed by atoms with van der Waals surface area (Å²) >= 11 is 0. The summed E-state index contributed by atoms with van der Waals surface area (Å²) in [6, 6.07) is 9.20. The van der Waals surface area contributed by atoms with Crippen molar-refractivity contribution in [1.82, 2.24) is 0 Å². The van der Waals surface area contributed by atoms with E-state index >= 15 is 0 Å². The summed E-state index contributed by atoms with van der Waals surface area (Å²) in [5.41, 5.74) is 0. The van der Waals surface area contributed by atoms with Gasteiger partial charge in [-0.15, -0.1) is 0 Å². The lowest BCUT2D eigenvalue weighted by molar-refractivity contribution is -0.144. The second kappa shape index (κ2) is 22.0. The molecule has 0 amide bonds. The maximum Gasteiger partial charge on any atom is 0.311 e. The molecule has 0 atom stereocenters. The Hall–Kier alpha value is -1.84. The van der Waals surface area contributed by atoms with Crippen LogP contribution in [0.3, 0.4) is 0 Å². The quantitative estimate of drug-likeness (QED) is 0.0987. The molecule has 0 aliphatic carbocycles. The predicted octanol–water partition coefficient (Wildman–Crippen LogP) is 8.57. The smallest absolute Gasteiger partial charge is 0.311 e. The Balaban J connectivity index is 1.78. The standard InChI is InChI=1S/C29H48O4/c1-2-3-4-5-6-7-8-9-12-15-21-26-32-28(30)24-19-13-10-11-14-20-25-29(31)33-27-22-17-16-18-23-27/h16-18,22-23H,2-15,19-21,24-26H2,1H3. The normalized spacial score (nSPS) is 10.8. The number of hydrogen-bond acceptors (Lipinski definition) is 4. The molecule has 1 aromatic rings. The number of para-hydroxylation sites is 1. The molecular weight excluding hydrogens is 412 g/mol. The highest BCUT2D eigenvalue weighted by atomic mass is 16.5. The highest BCUT2D eigenvalue weighted by Gasteiger charge is 2.05. The van der Waals surface area contributed by atoms with Crippen LogP contribution in [0, 0.1) is 0 Å². The molecule has 0 bridgehead atoms. The van der Waals surface area contributed by atoms with Gasteiger partial charge in [0, 0.05) is 12.8 Å². The number of hydrogen-bond donors (Lipinski definition) is 0. The van der Waals surface area contributed by atoms with Crippen molar-refractivity contribution in [1.29, 1.82) is 0 Å². The molecule has 0 N–H and O–H groups in total. The second-order valence-corrected chi connectivity index (χ2v) is 9.16. The van der Waals surface area contributed by atoms with Gasteiger partial charge >= 0.3 is 11.9 Å². The summed E-state index contributed by atoms with van der Waals surface area (Å²) in [5, 5.41) is 0. The van der Waals surface area contributed by atoms with E-state index in [1.165, 1.54) is 64.2 Å². The van der Waals surface area contributed by atoms with E-state index in [0.29, 0.717) is 25.2 Å². The third kappa shape index (κ3) is 19.3. The molecule has 4 heteroatoms. The predicted molar refractivity (Wildman–Crippen MR) is 136 cm³/mol. The summed E-state index contributed by atoms with van der Waals surface area (Å²) in [4.78, 5) is 23.6. The van der Waals surface area contributed by atoms with Gasteiger partial charge < -0.3 is 9.47 Å². The maximum absolute atomic E-state index is 11.8. The molecule has 0 saturated carbocycles. The topological polar surface area (TPSA) is 52.6 Å². The van der Waals surface area contributed by atoms with Crippen LogP contribution in [0.2, 0.25) is 0 Å². The molecule has 33 heavy (non-hydrogen) atoms. The Kier molecular flexibility index (Phi) is 19.4. The van der Waals surface area contributed by atoms with Gasteiger partial charge in [0.05, 0.1) is 6.61 Å². The van der Waals surface area contributed by atoms with Crippen molar-refractivity contribution in [2.45, 2.75) is 129 Å². The summed E-state index contributed by atoms with van der Waals surface area (Å²) in [7, 11) is 0. The van der Waals surface area contributed by atoms with Gasteiger partial charge in [-0.05, 0) is 31.4 Å². The van der Waals surface area contributed by atoms with Crippen LogP contribution in [0.25, 0.3) is 0 Å². The minimum Gasteiger partial charge on any atom is -0.466 e. The molecule has 1 aromatic carbocycles. The fourth-order valence-corrected chi connectivity index (χ4v) is 3.94. The Bertz CT molecular complexity index is 585. The average Bonchev–Trinajstić information content (AvgIpc) is 2.82. The van der Waals surface area contributed by atoms with Crippen molar-refractivity contribution in [3.05, 3.63) is 30.3 Å². The van der Waals surface area contributed by atoms with Gasteiger partial charge in [0.1, 0.15) is 5.75 Å². The van der Waals surface area contributed by atoms with Crippen LogP contribution in [-0.2, 0) is 14.3 Å². The minimum absolute atomic E-state index is 0.0502. The van der Waals surface area contributed by atoms with Crippen LogP contribution in [0.15, 0.2) is 30.3 Å². The molecule has 0 aliphatic rings. The first kappa shape index (κ1) is 29.2. The highest BCUT2D eigenvalue weighted by Crippen LogP contribution is 2.13. The lowest BCUT2D eigenvalue weighted by atomic mass is 10.1. The van der Waals surface area contributed by atoms with Crippen LogP contribution < -0.4 is 4.74 Å². The first-order chi connectivity index (χ1) is 16.2. The molecule has 1 rings (SSSR count). The van der Waals surface area contributed by atoms with E-state index in [-0.39, 0.29) is 11.9 Å². The van der Waals surface area contributed by atoms with E-state index in [0.717, 1.165) is 44.9 Å². The molecule has 0 fully saturated rings. The largest absolute Gasteiger partial charge is 0.466 e. The first-order valence-corrected chi connectivity index (χ1v) is 13.6. The van der Waals surface area contributed by atoms with Crippen LogP contribution in [0.5, 0.6) is 5.75 Å². The van der Waals surface area contributed by atoms with Crippen molar-refractivity contribution in [3.63, 3.8) is 0 Å². The fraction of sp³-hybridized carbons (Fsp3) is 0.724. The van der Waals surface area contributed by atoms with E-state index in [1.807, 2.05) is 18.2 Å². The summed E-state index contributed by atoms with van der Waals surface area (Å²) in [6.45, 7) is 2.84. The molecule has 4 nitrogen and oxygen atoms in total. The first-order valence-electron chi connectivity index (χ1n) is 13.6. The number of esters is 2. The highest BCUT2D eigenvalue weighted by molar-refractivity contribution is 5.72. The van der Waals surface area contributed by atoms with Crippen molar-refractivity contribution in [2.24, 2.45) is 0 Å². The third-order valence-corrected chi connectivity index (χ3v) is 6.00. The van der Waals surface area contributed by atoms with Gasteiger partial charge in [-0.3, -0.25) is 9.59 Å². The monoisotopic (exact) mass is 460 g/mol. The van der Waals surface area contributed by atoms with E-state index in [1.54, 1.807) is 12.1 Å². The Labute approximate surface area is 202 Å². The van der Waals surface area contributed by atoms with Crippen molar-refractivity contribution in [2.75, 3.05) is 6.61 Å². The second-order valence-electron chi connectivity index (χ2n) is 9.16. The van der Waals surface area contributed by atoms with Gasteiger partial charge in [-0.25, -0.2) is 0 Å². The van der Waals surface area contributed by atoms with Crippen molar-refractivity contribution in [3.8, 4) is 5.75 Å². The molecule has 188 valence electrons. The van der Waals surface area contributed by atoms with Gasteiger partial charge in [-0.1, -0.05) is 115 Å². The SMILES string of the molecule is CCCCCCCCCCCCCOC(=O)CCCCCCCCC(=O)Oc1ccccc1. The molecule has 0 spiro atoms. The van der Waals surface area contributed by atoms with Crippen LogP contribution in [0.4, 0.5) is 0 Å². The zero-order valence-electron chi connectivity index (χ0n) is 21.2. The van der Waals surface area contributed by atoms with E-state index in [9.17, 15) is 9.59 Å². The molecule has 0 aliphatic heterocycles. The molecule has 0 radical (unpaired) electrons. The summed E-state index contributed by atoms with van der Waals surface area (Å²) < 4.78 is 10.6. The van der Waals surface area contributed by atoms with E-state index < -0.39 is 0 Å². The van der Waals surface area contributed by atoms with Crippen molar-refractivity contribution < 1.29 is 19.1 Å². The Morgan fingerprint density at radius 2 is 1.03 bits per heavy atom. The maximum atomic E-state index is 11.8. The molecule has 0 aromatic heterocycles. The van der Waals surface area contributed by atoms with Crippen LogP contribution in [0.1, 0.15) is 129 Å². The van der Waals surface area contributed by atoms with Crippen LogP contribution in [-0.4, -0.2) is 18.5 Å². The third-order valence-electron chi connectivity index (χ3n) is 6.00. The number of carbonyl (C=O) groups is 2. The lowest BCUT2D eigenvalue weighted by Crippen LogP contribution is -2.07. The fourth-order valence-electron chi connectivity index (χ4n) is 3.94. The minimum atomic E-state index is -0.165. The number of rotatable bonds is 22. The summed E-state index contributed by atoms with van der Waals surface area (Å²) in [5.74, 6) is 0.394. The zero-order chi connectivity index (χ0) is 23.8. The van der Waals surface area contributed by atoms with E-state index in [2.05, 4.69) is 6.92 Å². The van der Waals surface area contributed by atoms with Gasteiger partial charge in [0.25, 0.3) is 0 Å². The Morgan fingerprint density at radius 3 is 1.58 bits per heavy atom. The number of benzene rings is 1. The number of unbranched alkanes of at least 4 members (excludes halogenated alkanes) is 15. The molecular formula is C29H48O4.